The Morgan fingerprint density at radius 1 is 0.698 bits per heavy atom. The second-order valence-corrected chi connectivity index (χ2v) is 20.9. The van der Waals surface area contributed by atoms with E-state index >= 15 is 0 Å². The Hall–Kier alpha value is -0.980. The second kappa shape index (κ2) is 19.6. The van der Waals surface area contributed by atoms with Gasteiger partial charge in [-0.2, -0.15) is 0 Å². The van der Waals surface area contributed by atoms with E-state index < -0.39 is 135 Å². The molecule has 3 saturated carbocycles. The van der Waals surface area contributed by atoms with Gasteiger partial charge in [0.05, 0.1) is 43.7 Å². The summed E-state index contributed by atoms with van der Waals surface area (Å²) in [5.74, 6) is 0.152. The molecule has 7 rings (SSSR count). The highest BCUT2D eigenvalue weighted by atomic mass is 16.7. The number of hydrogen-bond acceptors (Lipinski definition) is 18. The van der Waals surface area contributed by atoms with Gasteiger partial charge in [0.1, 0.15) is 67.1 Å². The molecule has 0 radical (unpaired) electrons. The lowest BCUT2D eigenvalue weighted by Crippen LogP contribution is -2.64. The number of fused-ring (bicyclic) bond motifs is 5. The molecule has 3 saturated heterocycles. The van der Waals surface area contributed by atoms with Crippen LogP contribution in [0.4, 0.5) is 0 Å². The van der Waals surface area contributed by atoms with E-state index in [0.29, 0.717) is 31.6 Å². The van der Waals surface area contributed by atoms with Crippen LogP contribution in [0, 0.1) is 46.3 Å². The molecule has 0 bridgehead atoms. The summed E-state index contributed by atoms with van der Waals surface area (Å²) in [4.78, 5) is 0. The standard InChI is InChI=1S/C45H76O18/c1-18(2)7-10-26(49)19(3)31-27(59-42-37(55)34(52)32(50)28(16-46)60-42)15-25-23-9-8-21-13-22(48)14-30(45(21,6)24(23)11-12-44(25,31)5)62-41-39(57)36(54)40(20(4)58-41)63-43-38(56)35(53)33(51)29(17-47)61-43/h8,18-20,22-43,46-57H,7,9-17H2,1-6H3/t19-,20+,22-,23-,24+,25+,26+,27+,28-,29-,30-,31+,32+,33+,34+,35+,36+,37-,38-,39-,40+,41+,42-,43+,44+,45+/m1/s1. The molecule has 0 spiro atoms. The second-order valence-electron chi connectivity index (χ2n) is 20.9. The molecule has 0 aromatic carbocycles. The normalized spacial score (nSPS) is 52.4. The van der Waals surface area contributed by atoms with Crippen LogP contribution in [0.3, 0.4) is 0 Å². The Morgan fingerprint density at radius 2 is 1.27 bits per heavy atom. The fourth-order valence-corrected chi connectivity index (χ4v) is 13.1. The largest absolute Gasteiger partial charge is 0.394 e. The third-order valence-corrected chi connectivity index (χ3v) is 16.8. The van der Waals surface area contributed by atoms with Crippen molar-refractivity contribution in [2.45, 2.75) is 209 Å². The van der Waals surface area contributed by atoms with Gasteiger partial charge < -0.3 is 89.7 Å². The Labute approximate surface area is 369 Å². The maximum atomic E-state index is 11.7. The molecule has 26 atom stereocenters. The molecule has 4 aliphatic carbocycles. The Bertz CT molecular complexity index is 1550. The minimum Gasteiger partial charge on any atom is -0.394 e. The van der Waals surface area contributed by atoms with Crippen molar-refractivity contribution in [3.05, 3.63) is 11.6 Å². The first kappa shape index (κ1) is 49.9. The van der Waals surface area contributed by atoms with Gasteiger partial charge in [0.25, 0.3) is 0 Å². The van der Waals surface area contributed by atoms with Crippen LogP contribution in [0.1, 0.15) is 92.9 Å². The average Bonchev–Trinajstić information content (AvgIpc) is 3.54. The molecule has 18 nitrogen and oxygen atoms in total. The molecule has 18 heteroatoms. The topological polar surface area (TPSA) is 298 Å². The van der Waals surface area contributed by atoms with Gasteiger partial charge in [0.2, 0.25) is 0 Å². The number of hydrogen-bond donors (Lipinski definition) is 12. The maximum Gasteiger partial charge on any atom is 0.187 e. The number of aliphatic hydroxyl groups excluding tert-OH is 12. The van der Waals surface area contributed by atoms with E-state index in [0.717, 1.165) is 24.8 Å². The fraction of sp³-hybridized carbons (Fsp3) is 0.956. The van der Waals surface area contributed by atoms with E-state index in [1.807, 2.05) is 0 Å². The Morgan fingerprint density at radius 3 is 1.86 bits per heavy atom. The molecule has 6 fully saturated rings. The summed E-state index contributed by atoms with van der Waals surface area (Å²) in [6.07, 6.45) is -17.4. The predicted octanol–water partition coefficient (Wildman–Crippen LogP) is -1.20. The maximum absolute atomic E-state index is 11.7. The van der Waals surface area contributed by atoms with Gasteiger partial charge in [-0.3, -0.25) is 0 Å². The van der Waals surface area contributed by atoms with Crippen LogP contribution < -0.4 is 0 Å². The fourth-order valence-electron chi connectivity index (χ4n) is 13.1. The highest BCUT2D eigenvalue weighted by Crippen LogP contribution is 2.68. The number of ether oxygens (including phenoxy) is 6. The van der Waals surface area contributed by atoms with E-state index in [9.17, 15) is 61.3 Å². The van der Waals surface area contributed by atoms with Crippen LogP contribution in [-0.4, -0.2) is 191 Å². The predicted molar refractivity (Wildman–Crippen MR) is 220 cm³/mol. The first-order valence-corrected chi connectivity index (χ1v) is 23.3. The molecule has 0 aromatic rings. The van der Waals surface area contributed by atoms with Gasteiger partial charge in [0, 0.05) is 11.8 Å². The van der Waals surface area contributed by atoms with Gasteiger partial charge >= 0.3 is 0 Å². The zero-order valence-electron chi connectivity index (χ0n) is 37.4. The minimum absolute atomic E-state index is 0.0336. The summed E-state index contributed by atoms with van der Waals surface area (Å²) in [5, 5.41) is 129. The molecule has 0 amide bonds. The monoisotopic (exact) mass is 905 g/mol. The summed E-state index contributed by atoms with van der Waals surface area (Å²) >= 11 is 0. The van der Waals surface area contributed by atoms with Gasteiger partial charge in [-0.1, -0.05) is 46.3 Å². The third kappa shape index (κ3) is 9.08. The van der Waals surface area contributed by atoms with Crippen LogP contribution in [0.15, 0.2) is 11.6 Å². The highest BCUT2D eigenvalue weighted by molar-refractivity contribution is 5.28. The molecular formula is C45H76O18. The summed E-state index contributed by atoms with van der Waals surface area (Å²) in [6, 6.07) is 0. The van der Waals surface area contributed by atoms with E-state index in [1.54, 1.807) is 6.92 Å². The van der Waals surface area contributed by atoms with Crippen LogP contribution in [-0.2, 0) is 28.4 Å². The molecule has 0 aromatic heterocycles. The highest BCUT2D eigenvalue weighted by Gasteiger charge is 2.65. The van der Waals surface area contributed by atoms with Crippen LogP contribution in [0.25, 0.3) is 0 Å². The zero-order chi connectivity index (χ0) is 46.0. The van der Waals surface area contributed by atoms with Gasteiger partial charge in [-0.05, 0) is 92.8 Å². The van der Waals surface area contributed by atoms with Crippen molar-refractivity contribution < 1.29 is 89.7 Å². The van der Waals surface area contributed by atoms with E-state index in [2.05, 4.69) is 40.7 Å². The third-order valence-electron chi connectivity index (χ3n) is 16.8. The van der Waals surface area contributed by atoms with Gasteiger partial charge in [-0.15, -0.1) is 0 Å². The molecule has 63 heavy (non-hydrogen) atoms. The SMILES string of the molecule is CC(C)CC[C@H](O)[C@@H](C)[C@H]1[C@@H](O[C@@H]2O[C@H](CO)[C@H](O)[C@H](O)[C@H]2O)C[C@H]2[C@@H]3CC=C4C[C@@H](O)C[C@@H](O[C@@H]5O[C@@H](C)[C@H](O[C@@H]6O[C@H](CO)[C@H](O)[C@H](O)[C@H]6O)[C@@H](O)[C@H]5O)[C@]4(C)[C@H]3CC[C@]12C. The van der Waals surface area contributed by atoms with Crippen molar-refractivity contribution in [2.75, 3.05) is 13.2 Å². The quantitative estimate of drug-likeness (QED) is 0.0967. The minimum atomic E-state index is -1.73. The lowest BCUT2D eigenvalue weighted by molar-refractivity contribution is -0.363. The number of allylic oxidation sites excluding steroid dienone is 1. The summed E-state index contributed by atoms with van der Waals surface area (Å²) in [7, 11) is 0. The van der Waals surface area contributed by atoms with Crippen molar-refractivity contribution in [3.63, 3.8) is 0 Å². The summed E-state index contributed by atoms with van der Waals surface area (Å²) in [6.45, 7) is 11.0. The van der Waals surface area contributed by atoms with Crippen molar-refractivity contribution in [1.82, 2.24) is 0 Å². The van der Waals surface area contributed by atoms with Crippen LogP contribution in [0.5, 0.6) is 0 Å². The zero-order valence-corrected chi connectivity index (χ0v) is 37.4. The average molecular weight is 905 g/mol. The molecule has 0 unspecified atom stereocenters. The molecule has 3 aliphatic heterocycles. The first-order chi connectivity index (χ1) is 29.7. The molecule has 12 N–H and O–H groups in total. The molecule has 3 heterocycles. The molecule has 364 valence electrons. The number of rotatable bonds is 13. The van der Waals surface area contributed by atoms with E-state index in [4.69, 9.17) is 28.4 Å². The van der Waals surface area contributed by atoms with Gasteiger partial charge in [0.15, 0.2) is 18.9 Å². The van der Waals surface area contributed by atoms with Crippen molar-refractivity contribution in [3.8, 4) is 0 Å². The van der Waals surface area contributed by atoms with E-state index in [1.165, 1.54) is 0 Å². The van der Waals surface area contributed by atoms with Gasteiger partial charge in [-0.25, -0.2) is 0 Å². The smallest absolute Gasteiger partial charge is 0.187 e. The van der Waals surface area contributed by atoms with Crippen molar-refractivity contribution in [1.29, 1.82) is 0 Å². The summed E-state index contributed by atoms with van der Waals surface area (Å²) in [5.41, 5.74) is 0.0567. The lowest BCUT2D eigenvalue weighted by Gasteiger charge is -2.60. The van der Waals surface area contributed by atoms with Crippen molar-refractivity contribution in [2.24, 2.45) is 46.3 Å². The van der Waals surface area contributed by atoms with Crippen LogP contribution >= 0.6 is 0 Å². The first-order valence-electron chi connectivity index (χ1n) is 23.3. The Balaban J connectivity index is 1.12. The van der Waals surface area contributed by atoms with Crippen molar-refractivity contribution >= 4 is 0 Å². The molecular weight excluding hydrogens is 828 g/mol. The summed E-state index contributed by atoms with van der Waals surface area (Å²) < 4.78 is 36.8. The Kier molecular flexibility index (Phi) is 15.5. The van der Waals surface area contributed by atoms with Crippen LogP contribution in [0.2, 0.25) is 0 Å². The molecule has 7 aliphatic rings. The van der Waals surface area contributed by atoms with E-state index in [-0.39, 0.29) is 41.4 Å². The lowest BCUT2D eigenvalue weighted by atomic mass is 9.46. The number of aliphatic hydroxyl groups is 12.